The molecule has 7 heteroatoms. The van der Waals surface area contributed by atoms with Crippen molar-refractivity contribution in [1.29, 1.82) is 0 Å². The minimum Gasteiger partial charge on any atom is -0.337 e. The number of aromatic nitrogens is 2. The van der Waals surface area contributed by atoms with Gasteiger partial charge in [0.25, 0.3) is 5.91 Å². The molecule has 0 saturated carbocycles. The van der Waals surface area contributed by atoms with Crippen molar-refractivity contribution in [2.45, 2.75) is 45.1 Å². The standard InChI is InChI=1S/C24H28ClFN4O/c25-19-9-10-22-28-23(24(31)29-13-4-2-1-3-5-14-29)21(30(22)17-19)16-27-12-11-18-7-6-8-20(26)15-18/h6-10,15,17,27H,1-5,11-14,16H2. The molecule has 0 bridgehead atoms. The molecule has 2 aromatic heterocycles. The highest BCUT2D eigenvalue weighted by Crippen LogP contribution is 2.20. The van der Waals surface area contributed by atoms with E-state index < -0.39 is 0 Å². The molecule has 5 nitrogen and oxygen atoms in total. The average molecular weight is 443 g/mol. The fraction of sp³-hybridized carbons (Fsp3) is 0.417. The van der Waals surface area contributed by atoms with Crippen molar-refractivity contribution in [3.63, 3.8) is 0 Å². The van der Waals surface area contributed by atoms with Crippen LogP contribution in [0.1, 0.15) is 53.8 Å². The Morgan fingerprint density at radius 3 is 2.65 bits per heavy atom. The summed E-state index contributed by atoms with van der Waals surface area (Å²) in [5, 5.41) is 3.98. The lowest BCUT2D eigenvalue weighted by molar-refractivity contribution is 0.0735. The Morgan fingerprint density at radius 1 is 1.10 bits per heavy atom. The maximum absolute atomic E-state index is 13.4. The zero-order valence-electron chi connectivity index (χ0n) is 17.6. The number of nitrogens with one attached hydrogen (secondary N) is 1. The zero-order chi connectivity index (χ0) is 21.6. The van der Waals surface area contributed by atoms with Gasteiger partial charge in [0.2, 0.25) is 0 Å². The normalized spacial score (nSPS) is 15.1. The van der Waals surface area contributed by atoms with Crippen molar-refractivity contribution in [3.8, 4) is 0 Å². The van der Waals surface area contributed by atoms with Crippen LogP contribution in [0.15, 0.2) is 42.6 Å². The fourth-order valence-corrected chi connectivity index (χ4v) is 4.30. The number of imidazole rings is 1. The Bertz CT molecular complexity index is 1040. The quantitative estimate of drug-likeness (QED) is 0.554. The molecule has 3 heterocycles. The summed E-state index contributed by atoms with van der Waals surface area (Å²) in [6.45, 7) is 2.69. The van der Waals surface area contributed by atoms with E-state index in [4.69, 9.17) is 11.6 Å². The van der Waals surface area contributed by atoms with Crippen molar-refractivity contribution < 1.29 is 9.18 Å². The molecular weight excluding hydrogens is 415 g/mol. The molecule has 0 aliphatic carbocycles. The lowest BCUT2D eigenvalue weighted by Gasteiger charge is -2.24. The number of benzene rings is 1. The molecule has 1 aromatic carbocycles. The van der Waals surface area contributed by atoms with E-state index in [0.717, 1.165) is 37.2 Å². The van der Waals surface area contributed by atoms with Crippen LogP contribution >= 0.6 is 11.6 Å². The number of rotatable bonds is 6. The van der Waals surface area contributed by atoms with E-state index in [1.165, 1.54) is 25.3 Å². The van der Waals surface area contributed by atoms with Crippen LogP contribution in [0, 0.1) is 5.82 Å². The fourth-order valence-electron chi connectivity index (χ4n) is 4.14. The topological polar surface area (TPSA) is 49.6 Å². The molecule has 1 aliphatic heterocycles. The average Bonchev–Trinajstić information content (AvgIpc) is 3.08. The Labute approximate surface area is 187 Å². The van der Waals surface area contributed by atoms with Crippen LogP contribution in [-0.2, 0) is 13.0 Å². The zero-order valence-corrected chi connectivity index (χ0v) is 18.4. The molecule has 164 valence electrons. The number of hydrogen-bond acceptors (Lipinski definition) is 3. The van der Waals surface area contributed by atoms with Crippen molar-refractivity contribution >= 4 is 23.2 Å². The van der Waals surface area contributed by atoms with Gasteiger partial charge in [0.1, 0.15) is 11.5 Å². The second-order valence-corrected chi connectivity index (χ2v) is 8.54. The predicted octanol–water partition coefficient (Wildman–Crippen LogP) is 4.87. The van der Waals surface area contributed by atoms with E-state index in [2.05, 4.69) is 10.3 Å². The molecule has 4 rings (SSSR count). The first-order valence-corrected chi connectivity index (χ1v) is 11.4. The minimum absolute atomic E-state index is 0.0105. The Hall–Kier alpha value is -2.44. The van der Waals surface area contributed by atoms with Crippen molar-refractivity contribution in [2.75, 3.05) is 19.6 Å². The molecule has 1 N–H and O–H groups in total. The number of carbonyl (C=O) groups excluding carboxylic acids is 1. The number of hydrogen-bond donors (Lipinski definition) is 1. The summed E-state index contributed by atoms with van der Waals surface area (Å²) in [5.74, 6) is -0.237. The number of pyridine rings is 1. The van der Waals surface area contributed by atoms with Crippen molar-refractivity contribution in [2.24, 2.45) is 0 Å². The Kier molecular flexibility index (Phi) is 7.20. The number of halogens is 2. The van der Waals surface area contributed by atoms with E-state index in [-0.39, 0.29) is 11.7 Å². The van der Waals surface area contributed by atoms with E-state index in [1.807, 2.05) is 21.4 Å². The minimum atomic E-state index is -0.227. The predicted molar refractivity (Wildman–Crippen MR) is 121 cm³/mol. The van der Waals surface area contributed by atoms with Gasteiger partial charge in [-0.05, 0) is 55.6 Å². The SMILES string of the molecule is O=C(c1nc2ccc(Cl)cn2c1CNCCc1cccc(F)c1)N1CCCCCCC1. The van der Waals surface area contributed by atoms with Gasteiger partial charge in [-0.15, -0.1) is 0 Å². The Balaban J connectivity index is 1.52. The van der Waals surface area contributed by atoms with Crippen LogP contribution in [0.5, 0.6) is 0 Å². The molecule has 1 aliphatic rings. The van der Waals surface area contributed by atoms with Gasteiger partial charge in [-0.2, -0.15) is 0 Å². The summed E-state index contributed by atoms with van der Waals surface area (Å²) in [7, 11) is 0. The molecule has 1 amide bonds. The molecule has 0 spiro atoms. The second-order valence-electron chi connectivity index (χ2n) is 8.10. The van der Waals surface area contributed by atoms with Gasteiger partial charge in [-0.3, -0.25) is 4.79 Å². The smallest absolute Gasteiger partial charge is 0.274 e. The van der Waals surface area contributed by atoms with Crippen LogP contribution in [0.25, 0.3) is 5.65 Å². The van der Waals surface area contributed by atoms with Crippen LogP contribution in [0.4, 0.5) is 4.39 Å². The van der Waals surface area contributed by atoms with Gasteiger partial charge in [0.15, 0.2) is 5.69 Å². The first kappa shape index (κ1) is 21.8. The number of fused-ring (bicyclic) bond motifs is 1. The summed E-state index contributed by atoms with van der Waals surface area (Å²) >= 11 is 6.22. The molecule has 0 unspecified atom stereocenters. The van der Waals surface area contributed by atoms with Crippen LogP contribution in [-0.4, -0.2) is 39.8 Å². The van der Waals surface area contributed by atoms with Gasteiger partial charge < -0.3 is 14.6 Å². The highest BCUT2D eigenvalue weighted by Gasteiger charge is 2.24. The molecule has 0 atom stereocenters. The number of amides is 1. The van der Waals surface area contributed by atoms with E-state index in [9.17, 15) is 9.18 Å². The van der Waals surface area contributed by atoms with Crippen LogP contribution in [0.2, 0.25) is 5.02 Å². The lowest BCUT2D eigenvalue weighted by atomic mass is 10.1. The summed E-state index contributed by atoms with van der Waals surface area (Å²) in [6, 6.07) is 10.2. The number of carbonyl (C=O) groups is 1. The van der Waals surface area contributed by atoms with Gasteiger partial charge in [-0.25, -0.2) is 9.37 Å². The lowest BCUT2D eigenvalue weighted by Crippen LogP contribution is -2.35. The third-order valence-electron chi connectivity index (χ3n) is 5.80. The third kappa shape index (κ3) is 5.43. The first-order valence-electron chi connectivity index (χ1n) is 11.0. The molecule has 0 radical (unpaired) electrons. The van der Waals surface area contributed by atoms with Gasteiger partial charge in [0, 0.05) is 25.8 Å². The monoisotopic (exact) mass is 442 g/mol. The van der Waals surface area contributed by atoms with E-state index >= 15 is 0 Å². The van der Waals surface area contributed by atoms with E-state index in [1.54, 1.807) is 24.4 Å². The number of likely N-dealkylation sites (tertiary alicyclic amines) is 1. The molecule has 31 heavy (non-hydrogen) atoms. The highest BCUT2D eigenvalue weighted by molar-refractivity contribution is 6.30. The maximum atomic E-state index is 13.4. The maximum Gasteiger partial charge on any atom is 0.274 e. The summed E-state index contributed by atoms with van der Waals surface area (Å²) in [6.07, 6.45) is 8.15. The van der Waals surface area contributed by atoms with Crippen molar-refractivity contribution in [1.82, 2.24) is 19.6 Å². The van der Waals surface area contributed by atoms with Gasteiger partial charge in [0.05, 0.1) is 10.7 Å². The molecule has 1 saturated heterocycles. The largest absolute Gasteiger partial charge is 0.337 e. The summed E-state index contributed by atoms with van der Waals surface area (Å²) < 4.78 is 15.3. The van der Waals surface area contributed by atoms with Crippen molar-refractivity contribution in [3.05, 3.63) is 70.4 Å². The second kappa shape index (κ2) is 10.2. The Morgan fingerprint density at radius 2 is 1.87 bits per heavy atom. The number of nitrogens with zero attached hydrogens (tertiary/aromatic N) is 3. The first-order chi connectivity index (χ1) is 15.1. The molecule has 1 fully saturated rings. The van der Waals surface area contributed by atoms with Crippen LogP contribution < -0.4 is 5.32 Å². The third-order valence-corrected chi connectivity index (χ3v) is 6.02. The van der Waals surface area contributed by atoms with Gasteiger partial charge >= 0.3 is 0 Å². The highest BCUT2D eigenvalue weighted by atomic mass is 35.5. The summed E-state index contributed by atoms with van der Waals surface area (Å²) in [4.78, 5) is 20.0. The van der Waals surface area contributed by atoms with Gasteiger partial charge in [-0.1, -0.05) is 43.0 Å². The molecule has 3 aromatic rings. The summed E-state index contributed by atoms with van der Waals surface area (Å²) in [5.41, 5.74) is 2.94. The van der Waals surface area contributed by atoms with Crippen LogP contribution in [0.3, 0.4) is 0 Å². The van der Waals surface area contributed by atoms with E-state index in [0.29, 0.717) is 35.9 Å². The molecular formula is C24H28ClFN4O.